The third-order valence-corrected chi connectivity index (χ3v) is 4.81. The van der Waals surface area contributed by atoms with Gasteiger partial charge in [0, 0.05) is 41.4 Å². The summed E-state index contributed by atoms with van der Waals surface area (Å²) >= 11 is 0. The second-order valence-corrected chi connectivity index (χ2v) is 7.67. The van der Waals surface area contributed by atoms with E-state index in [1.54, 1.807) is 6.92 Å². The molecular formula is C25H28N2O5. The zero-order valence-electron chi connectivity index (χ0n) is 17.9. The Morgan fingerprint density at radius 3 is 1.72 bits per heavy atom. The molecule has 3 aromatic rings. The lowest BCUT2D eigenvalue weighted by Gasteiger charge is -2.20. The first-order chi connectivity index (χ1) is 15.2. The van der Waals surface area contributed by atoms with Crippen LogP contribution in [0.15, 0.2) is 66.7 Å². The summed E-state index contributed by atoms with van der Waals surface area (Å²) in [4.78, 5) is 21.3. The Kier molecular flexibility index (Phi) is 8.65. The molecule has 7 heteroatoms. The van der Waals surface area contributed by atoms with Crippen molar-refractivity contribution in [1.29, 1.82) is 0 Å². The Bertz CT molecular complexity index is 956. The van der Waals surface area contributed by atoms with Gasteiger partial charge in [0.2, 0.25) is 0 Å². The van der Waals surface area contributed by atoms with Gasteiger partial charge < -0.3 is 36.0 Å². The zero-order valence-corrected chi connectivity index (χ0v) is 17.9. The van der Waals surface area contributed by atoms with E-state index in [9.17, 15) is 19.8 Å². The van der Waals surface area contributed by atoms with Crippen LogP contribution >= 0.6 is 0 Å². The average Bonchev–Trinajstić information content (AvgIpc) is 2.75. The van der Waals surface area contributed by atoms with Crippen molar-refractivity contribution in [3.63, 3.8) is 0 Å². The predicted octanol–water partition coefficient (Wildman–Crippen LogP) is 4.18. The van der Waals surface area contributed by atoms with Crippen LogP contribution in [0.1, 0.15) is 19.8 Å². The highest BCUT2D eigenvalue weighted by molar-refractivity contribution is 5.67. The van der Waals surface area contributed by atoms with Gasteiger partial charge in [0.15, 0.2) is 0 Å². The molecule has 0 spiro atoms. The monoisotopic (exact) mass is 436 g/mol. The van der Waals surface area contributed by atoms with Crippen LogP contribution in [0.3, 0.4) is 0 Å². The molecule has 168 valence electrons. The number of benzene rings is 3. The van der Waals surface area contributed by atoms with Gasteiger partial charge in [-0.15, -0.1) is 0 Å². The van der Waals surface area contributed by atoms with Gasteiger partial charge in [-0.3, -0.25) is 0 Å². The molecular weight excluding hydrogens is 408 g/mol. The molecule has 0 saturated heterocycles. The summed E-state index contributed by atoms with van der Waals surface area (Å²) in [7, 11) is 0. The highest BCUT2D eigenvalue weighted by atomic mass is 16.5. The normalized spacial score (nSPS) is 12.0. The number of hydrogen-bond acceptors (Lipinski definition) is 7. The van der Waals surface area contributed by atoms with Gasteiger partial charge in [0.25, 0.3) is 0 Å². The van der Waals surface area contributed by atoms with Crippen molar-refractivity contribution in [2.24, 2.45) is 5.41 Å². The average molecular weight is 437 g/mol. The van der Waals surface area contributed by atoms with Gasteiger partial charge in [-0.2, -0.15) is 0 Å². The second kappa shape index (κ2) is 11.4. The van der Waals surface area contributed by atoms with Gasteiger partial charge in [0.05, 0.1) is 6.61 Å². The summed E-state index contributed by atoms with van der Waals surface area (Å²) < 4.78 is 5.32. The minimum Gasteiger partial charge on any atom is -0.508 e. The minimum absolute atomic E-state index is 0.101. The minimum atomic E-state index is -0.735. The van der Waals surface area contributed by atoms with E-state index >= 15 is 0 Å². The number of rotatable bonds is 8. The number of phenolic OH excluding ortho intramolecular Hbond substituents is 2. The fraction of sp³-hybridized carbons (Fsp3) is 0.200. The molecule has 3 aromatic carbocycles. The Morgan fingerprint density at radius 1 is 0.844 bits per heavy atom. The lowest BCUT2D eigenvalue weighted by molar-refractivity contribution is -0.120. The highest BCUT2D eigenvalue weighted by Gasteiger charge is 2.23. The molecule has 7 nitrogen and oxygen atoms in total. The number of nitrogens with two attached hydrogens (primary N) is 2. The number of aromatic hydroxyl groups is 2. The fourth-order valence-corrected chi connectivity index (χ4v) is 2.80. The van der Waals surface area contributed by atoms with E-state index in [-0.39, 0.29) is 24.5 Å². The number of aldehydes is 2. The summed E-state index contributed by atoms with van der Waals surface area (Å²) in [5, 5.41) is 18.5. The molecule has 1 unspecified atom stereocenters. The van der Waals surface area contributed by atoms with E-state index in [4.69, 9.17) is 16.2 Å². The number of carbonyl (C=O) groups is 2. The smallest absolute Gasteiger partial charge is 0.126 e. The molecule has 0 aliphatic heterocycles. The third kappa shape index (κ3) is 7.68. The molecule has 0 aliphatic rings. The number of anilines is 2. The molecule has 0 bridgehead atoms. The molecule has 3 rings (SSSR count). The first-order valence-electron chi connectivity index (χ1n) is 10.0. The van der Waals surface area contributed by atoms with E-state index in [2.05, 4.69) is 0 Å². The molecule has 0 aromatic heterocycles. The van der Waals surface area contributed by atoms with Crippen LogP contribution in [-0.4, -0.2) is 29.4 Å². The Balaban J connectivity index is 0.000000233. The zero-order chi connectivity index (χ0) is 23.6. The number of nitrogen functional groups attached to an aromatic ring is 2. The molecule has 0 heterocycles. The number of ether oxygens (including phenoxy) is 1. The summed E-state index contributed by atoms with van der Waals surface area (Å²) in [6.45, 7) is 1.89. The largest absolute Gasteiger partial charge is 0.508 e. The van der Waals surface area contributed by atoms with Crippen LogP contribution < -0.4 is 16.2 Å². The first kappa shape index (κ1) is 24.3. The quantitative estimate of drug-likeness (QED) is 0.307. The van der Waals surface area contributed by atoms with Crippen LogP contribution in [0.5, 0.6) is 17.2 Å². The van der Waals surface area contributed by atoms with E-state index in [1.807, 2.05) is 48.5 Å². The molecule has 1 atom stereocenters. The van der Waals surface area contributed by atoms with Gasteiger partial charge in [-0.1, -0.05) is 31.2 Å². The van der Waals surface area contributed by atoms with Gasteiger partial charge in [-0.05, 0) is 41.8 Å². The van der Waals surface area contributed by atoms with Crippen molar-refractivity contribution >= 4 is 23.9 Å². The van der Waals surface area contributed by atoms with Crippen LogP contribution in [0.25, 0.3) is 11.1 Å². The van der Waals surface area contributed by atoms with Gasteiger partial charge >= 0.3 is 0 Å². The SMILES string of the molecule is CC(C=O)(CC=O)CCOc1cc(O)cc(O)c1.Nc1ccc(-c2ccc(N)cc2)cc1. The van der Waals surface area contributed by atoms with Gasteiger partial charge in [-0.25, -0.2) is 0 Å². The third-order valence-electron chi connectivity index (χ3n) is 4.81. The predicted molar refractivity (Wildman–Crippen MR) is 125 cm³/mol. The van der Waals surface area contributed by atoms with Crippen molar-refractivity contribution < 1.29 is 24.5 Å². The van der Waals surface area contributed by atoms with Crippen molar-refractivity contribution in [1.82, 2.24) is 0 Å². The Morgan fingerprint density at radius 2 is 1.31 bits per heavy atom. The molecule has 0 aliphatic carbocycles. The van der Waals surface area contributed by atoms with Crippen molar-refractivity contribution in [3.8, 4) is 28.4 Å². The molecule has 0 saturated carbocycles. The van der Waals surface area contributed by atoms with Crippen molar-refractivity contribution in [3.05, 3.63) is 66.7 Å². The maximum Gasteiger partial charge on any atom is 0.126 e. The van der Waals surface area contributed by atoms with Gasteiger partial charge in [0.1, 0.15) is 29.8 Å². The highest BCUT2D eigenvalue weighted by Crippen LogP contribution is 2.27. The van der Waals surface area contributed by atoms with Crippen LogP contribution in [0.2, 0.25) is 0 Å². The number of phenols is 2. The van der Waals surface area contributed by atoms with Crippen molar-refractivity contribution in [2.45, 2.75) is 19.8 Å². The molecule has 0 amide bonds. The van der Waals surface area contributed by atoms with E-state index in [1.165, 1.54) is 18.2 Å². The first-order valence-corrected chi connectivity index (χ1v) is 10.0. The van der Waals surface area contributed by atoms with E-state index in [0.29, 0.717) is 18.5 Å². The van der Waals surface area contributed by atoms with E-state index < -0.39 is 5.41 Å². The summed E-state index contributed by atoms with van der Waals surface area (Å²) in [6.07, 6.45) is 1.97. The summed E-state index contributed by atoms with van der Waals surface area (Å²) in [5.41, 5.74) is 14.3. The molecule has 0 fully saturated rings. The molecule has 6 N–H and O–H groups in total. The van der Waals surface area contributed by atoms with E-state index in [0.717, 1.165) is 28.8 Å². The fourth-order valence-electron chi connectivity index (χ4n) is 2.80. The van der Waals surface area contributed by atoms with Crippen LogP contribution in [0, 0.1) is 5.41 Å². The van der Waals surface area contributed by atoms with Crippen LogP contribution in [-0.2, 0) is 9.59 Å². The molecule has 32 heavy (non-hydrogen) atoms. The topological polar surface area (TPSA) is 136 Å². The lowest BCUT2D eigenvalue weighted by atomic mass is 9.86. The Labute approximate surface area is 187 Å². The lowest BCUT2D eigenvalue weighted by Crippen LogP contribution is -2.22. The Hall–Kier alpha value is -4.00. The maximum atomic E-state index is 10.9. The standard InChI is InChI=1S/C13H16O5.C12H12N2/c1-13(9-15,2-4-14)3-5-18-12-7-10(16)6-11(17)8-12;13-11-5-1-9(2-6-11)10-3-7-12(14)8-4-10/h4,6-9,16-17H,2-3,5H2,1H3;1-8H,13-14H2. The number of carbonyl (C=O) groups excluding carboxylic acids is 2. The number of hydrogen-bond donors (Lipinski definition) is 4. The second-order valence-electron chi connectivity index (χ2n) is 7.67. The summed E-state index contributed by atoms with van der Waals surface area (Å²) in [6, 6.07) is 19.5. The molecule has 0 radical (unpaired) electrons. The van der Waals surface area contributed by atoms with Crippen molar-refractivity contribution in [2.75, 3.05) is 18.1 Å². The van der Waals surface area contributed by atoms with Crippen LogP contribution in [0.4, 0.5) is 11.4 Å². The maximum absolute atomic E-state index is 10.9. The summed E-state index contributed by atoms with van der Waals surface area (Å²) in [5.74, 6) is 0.110.